The third-order valence-electron chi connectivity index (χ3n) is 2.41. The lowest BCUT2D eigenvalue weighted by Crippen LogP contribution is -2.29. The molecule has 0 aliphatic rings. The van der Waals surface area contributed by atoms with E-state index in [0.29, 0.717) is 31.0 Å². The van der Waals surface area contributed by atoms with Crippen LogP contribution in [-0.4, -0.2) is 37.0 Å². The Morgan fingerprint density at radius 1 is 1.24 bits per heavy atom. The second kappa shape index (κ2) is 7.32. The molecule has 1 aromatic carbocycles. The molecule has 1 aromatic rings. The van der Waals surface area contributed by atoms with Gasteiger partial charge < -0.3 is 19.5 Å². The maximum Gasteiger partial charge on any atom is 0.488 e. The van der Waals surface area contributed by atoms with Gasteiger partial charge in [-0.15, -0.1) is 0 Å². The molecule has 0 fully saturated rings. The maximum absolute atomic E-state index is 9.06. The third-order valence-corrected chi connectivity index (χ3v) is 2.41. The molecule has 4 nitrogen and oxygen atoms in total. The Balaban J connectivity index is 2.49. The Morgan fingerprint density at radius 2 is 2.00 bits per heavy atom. The predicted molar refractivity (Wildman–Crippen MR) is 67.6 cm³/mol. The number of ether oxygens (including phenoxy) is 2. The van der Waals surface area contributed by atoms with Crippen molar-refractivity contribution in [2.45, 2.75) is 20.3 Å². The summed E-state index contributed by atoms with van der Waals surface area (Å²) in [6.07, 6.45) is 0.819. The lowest BCUT2D eigenvalue weighted by atomic mass is 9.80. The molecule has 0 bridgehead atoms. The van der Waals surface area contributed by atoms with Crippen molar-refractivity contribution in [2.75, 3.05) is 19.8 Å². The first kappa shape index (κ1) is 14.0. The first-order valence-corrected chi connectivity index (χ1v) is 5.82. The molecule has 0 aromatic heterocycles. The summed E-state index contributed by atoms with van der Waals surface area (Å²) < 4.78 is 10.8. The highest BCUT2D eigenvalue weighted by atomic mass is 16.5. The normalized spacial score (nSPS) is 10.4. The smallest absolute Gasteiger partial charge is 0.488 e. The van der Waals surface area contributed by atoms with Crippen molar-refractivity contribution in [3.8, 4) is 5.75 Å². The molecule has 0 amide bonds. The molecule has 0 atom stereocenters. The maximum atomic E-state index is 9.06. The van der Waals surface area contributed by atoms with Gasteiger partial charge in [0.15, 0.2) is 0 Å². The van der Waals surface area contributed by atoms with E-state index >= 15 is 0 Å². The van der Waals surface area contributed by atoms with Crippen molar-refractivity contribution in [2.24, 2.45) is 0 Å². The fourth-order valence-electron chi connectivity index (χ4n) is 1.42. The van der Waals surface area contributed by atoms with Crippen LogP contribution >= 0.6 is 0 Å². The van der Waals surface area contributed by atoms with Crippen LogP contribution in [0.1, 0.15) is 18.9 Å². The Hall–Kier alpha value is -1.04. The number of rotatable bonds is 7. The van der Waals surface area contributed by atoms with Crippen molar-refractivity contribution >= 4 is 12.6 Å². The lowest BCUT2D eigenvalue weighted by Gasteiger charge is -2.10. The van der Waals surface area contributed by atoms with Crippen LogP contribution in [0.25, 0.3) is 0 Å². The summed E-state index contributed by atoms with van der Waals surface area (Å²) in [7, 11) is -1.46. The van der Waals surface area contributed by atoms with Gasteiger partial charge in [-0.3, -0.25) is 0 Å². The zero-order valence-corrected chi connectivity index (χ0v) is 10.3. The first-order valence-electron chi connectivity index (χ1n) is 5.82. The fourth-order valence-corrected chi connectivity index (χ4v) is 1.42. The molecular weight excluding hydrogens is 219 g/mol. The number of hydrogen-bond acceptors (Lipinski definition) is 4. The highest BCUT2D eigenvalue weighted by Crippen LogP contribution is 2.15. The highest BCUT2D eigenvalue weighted by molar-refractivity contribution is 6.58. The molecular formula is C12H19BO4. The van der Waals surface area contributed by atoms with E-state index in [1.807, 2.05) is 19.9 Å². The first-order chi connectivity index (χ1) is 8.15. The number of benzene rings is 1. The zero-order valence-electron chi connectivity index (χ0n) is 10.3. The summed E-state index contributed by atoms with van der Waals surface area (Å²) in [5.74, 6) is 0.687. The number of hydrogen-bond donors (Lipinski definition) is 2. The topological polar surface area (TPSA) is 58.9 Å². The minimum absolute atomic E-state index is 0.440. The summed E-state index contributed by atoms with van der Waals surface area (Å²) in [4.78, 5) is 0. The lowest BCUT2D eigenvalue weighted by molar-refractivity contribution is 0.130. The minimum atomic E-state index is -1.46. The second-order valence-electron chi connectivity index (χ2n) is 3.80. The summed E-state index contributed by atoms with van der Waals surface area (Å²) in [6, 6.07) is 5.14. The van der Waals surface area contributed by atoms with Crippen molar-refractivity contribution in [1.82, 2.24) is 0 Å². The Labute approximate surface area is 102 Å². The van der Waals surface area contributed by atoms with Crippen LogP contribution in [0.4, 0.5) is 0 Å². The van der Waals surface area contributed by atoms with Crippen molar-refractivity contribution < 1.29 is 19.5 Å². The van der Waals surface area contributed by atoms with E-state index in [9.17, 15) is 0 Å². The molecule has 0 aliphatic carbocycles. The largest absolute Gasteiger partial charge is 0.493 e. The van der Waals surface area contributed by atoms with Crippen LogP contribution in [0.3, 0.4) is 0 Å². The number of aryl methyl sites for hydroxylation is 1. The standard InChI is InChI=1S/C12H19BO4/c1-3-16-7-4-8-17-12-9-11(13(14)15)6-5-10(12)2/h5-6,9,14-15H,3-4,7-8H2,1-2H3. The molecule has 1 rings (SSSR count). The van der Waals surface area contributed by atoms with Gasteiger partial charge in [0.25, 0.3) is 0 Å². The van der Waals surface area contributed by atoms with Gasteiger partial charge in [-0.1, -0.05) is 12.1 Å². The quantitative estimate of drug-likeness (QED) is 0.535. The highest BCUT2D eigenvalue weighted by Gasteiger charge is 2.12. The van der Waals surface area contributed by atoms with E-state index in [2.05, 4.69) is 0 Å². The van der Waals surface area contributed by atoms with Crippen LogP contribution in [0.2, 0.25) is 0 Å². The molecule has 0 heterocycles. The van der Waals surface area contributed by atoms with Crippen LogP contribution < -0.4 is 10.2 Å². The summed E-state index contributed by atoms with van der Waals surface area (Å²) >= 11 is 0. The van der Waals surface area contributed by atoms with Crippen LogP contribution in [-0.2, 0) is 4.74 Å². The van der Waals surface area contributed by atoms with E-state index in [1.165, 1.54) is 0 Å². The molecule has 0 saturated carbocycles. The van der Waals surface area contributed by atoms with Gasteiger partial charge >= 0.3 is 7.12 Å². The Bertz CT molecular complexity index is 341. The predicted octanol–water partition coefficient (Wildman–Crippen LogP) is 0.480. The summed E-state index contributed by atoms with van der Waals surface area (Å²) in [6.45, 7) is 5.83. The third kappa shape index (κ3) is 4.77. The van der Waals surface area contributed by atoms with Gasteiger partial charge in [-0.25, -0.2) is 0 Å². The van der Waals surface area contributed by atoms with Gasteiger partial charge in [0.1, 0.15) is 5.75 Å². The monoisotopic (exact) mass is 238 g/mol. The van der Waals surface area contributed by atoms with E-state index in [1.54, 1.807) is 12.1 Å². The van der Waals surface area contributed by atoms with Gasteiger partial charge in [0.2, 0.25) is 0 Å². The molecule has 0 unspecified atom stereocenters. The molecule has 0 radical (unpaired) electrons. The zero-order chi connectivity index (χ0) is 12.7. The van der Waals surface area contributed by atoms with Gasteiger partial charge in [0, 0.05) is 19.6 Å². The SMILES string of the molecule is CCOCCCOc1cc(B(O)O)ccc1C. The minimum Gasteiger partial charge on any atom is -0.493 e. The molecule has 0 aliphatic heterocycles. The van der Waals surface area contributed by atoms with Crippen LogP contribution in [0.5, 0.6) is 5.75 Å². The molecule has 17 heavy (non-hydrogen) atoms. The summed E-state index contributed by atoms with van der Waals surface area (Å²) in [5.41, 5.74) is 1.42. The van der Waals surface area contributed by atoms with Crippen molar-refractivity contribution in [1.29, 1.82) is 0 Å². The average Bonchev–Trinajstić information content (AvgIpc) is 2.30. The average molecular weight is 238 g/mol. The molecule has 0 spiro atoms. The van der Waals surface area contributed by atoms with Gasteiger partial charge in [-0.05, 0) is 30.9 Å². The van der Waals surface area contributed by atoms with E-state index in [4.69, 9.17) is 19.5 Å². The van der Waals surface area contributed by atoms with Crippen LogP contribution in [0.15, 0.2) is 18.2 Å². The molecule has 2 N–H and O–H groups in total. The molecule has 94 valence electrons. The van der Waals surface area contributed by atoms with Gasteiger partial charge in [0.05, 0.1) is 6.61 Å². The summed E-state index contributed by atoms with van der Waals surface area (Å²) in [5, 5.41) is 18.1. The molecule has 0 saturated heterocycles. The Morgan fingerprint density at radius 3 is 2.65 bits per heavy atom. The van der Waals surface area contributed by atoms with E-state index in [0.717, 1.165) is 12.0 Å². The van der Waals surface area contributed by atoms with Crippen LogP contribution in [0, 0.1) is 6.92 Å². The van der Waals surface area contributed by atoms with Crippen molar-refractivity contribution in [3.63, 3.8) is 0 Å². The van der Waals surface area contributed by atoms with E-state index in [-0.39, 0.29) is 0 Å². The van der Waals surface area contributed by atoms with E-state index < -0.39 is 7.12 Å². The van der Waals surface area contributed by atoms with Crippen molar-refractivity contribution in [3.05, 3.63) is 23.8 Å². The fraction of sp³-hybridized carbons (Fsp3) is 0.500. The van der Waals surface area contributed by atoms with Gasteiger partial charge in [-0.2, -0.15) is 0 Å². The second-order valence-corrected chi connectivity index (χ2v) is 3.80. The Kier molecular flexibility index (Phi) is 6.04. The molecule has 5 heteroatoms.